The standard InChI is InChI=1S/C11H19NO6S/c1-18-10(15)11(5-3-2-4-6-11)8-19(16,17)12-7-9(13)14/h12H,2-8H2,1H3,(H,13,14). The summed E-state index contributed by atoms with van der Waals surface area (Å²) < 4.78 is 30.4. The minimum Gasteiger partial charge on any atom is -0.480 e. The van der Waals surface area contributed by atoms with Crippen LogP contribution in [0, 0.1) is 5.41 Å². The number of rotatable bonds is 6. The average Bonchev–Trinajstić information content (AvgIpc) is 2.36. The highest BCUT2D eigenvalue weighted by molar-refractivity contribution is 7.89. The Kier molecular flexibility index (Phi) is 5.30. The number of esters is 1. The van der Waals surface area contributed by atoms with Crippen LogP contribution in [0.15, 0.2) is 0 Å². The van der Waals surface area contributed by atoms with Crippen molar-refractivity contribution in [2.75, 3.05) is 19.4 Å². The van der Waals surface area contributed by atoms with Crippen molar-refractivity contribution in [3.63, 3.8) is 0 Å². The second-order valence-electron chi connectivity index (χ2n) is 4.81. The van der Waals surface area contributed by atoms with Crippen LogP contribution in [0.1, 0.15) is 32.1 Å². The lowest BCUT2D eigenvalue weighted by Gasteiger charge is -2.33. The Morgan fingerprint density at radius 1 is 1.26 bits per heavy atom. The van der Waals surface area contributed by atoms with Crippen LogP contribution in [0.2, 0.25) is 0 Å². The number of carboxylic acid groups (broad SMARTS) is 1. The summed E-state index contributed by atoms with van der Waals surface area (Å²) in [4.78, 5) is 22.3. The molecule has 0 amide bonds. The highest BCUT2D eigenvalue weighted by Crippen LogP contribution is 2.38. The van der Waals surface area contributed by atoms with Crippen molar-refractivity contribution in [1.82, 2.24) is 4.72 Å². The minimum absolute atomic E-state index is 0.417. The molecule has 0 spiro atoms. The monoisotopic (exact) mass is 293 g/mol. The molecule has 0 aromatic rings. The van der Waals surface area contributed by atoms with Gasteiger partial charge in [0.2, 0.25) is 10.0 Å². The number of hydrogen-bond donors (Lipinski definition) is 2. The molecule has 1 aliphatic carbocycles. The summed E-state index contributed by atoms with van der Waals surface area (Å²) in [6.45, 7) is -0.681. The second-order valence-corrected chi connectivity index (χ2v) is 6.61. The van der Waals surface area contributed by atoms with Gasteiger partial charge >= 0.3 is 11.9 Å². The number of sulfonamides is 1. The maximum absolute atomic E-state index is 11.9. The summed E-state index contributed by atoms with van der Waals surface area (Å²) in [5.41, 5.74) is -1.04. The van der Waals surface area contributed by atoms with Crippen molar-refractivity contribution in [2.45, 2.75) is 32.1 Å². The van der Waals surface area contributed by atoms with E-state index in [1.165, 1.54) is 7.11 Å². The lowest BCUT2D eigenvalue weighted by molar-refractivity contribution is -0.153. The van der Waals surface area contributed by atoms with Gasteiger partial charge in [-0.3, -0.25) is 9.59 Å². The normalized spacial score (nSPS) is 18.8. The molecule has 1 rings (SSSR count). The fourth-order valence-electron chi connectivity index (χ4n) is 2.44. The molecule has 0 aromatic carbocycles. The molecule has 0 saturated heterocycles. The van der Waals surface area contributed by atoms with Gasteiger partial charge in [0.15, 0.2) is 0 Å². The van der Waals surface area contributed by atoms with Crippen LogP contribution in [0.3, 0.4) is 0 Å². The number of ether oxygens (including phenoxy) is 1. The van der Waals surface area contributed by atoms with Crippen LogP contribution in [0.25, 0.3) is 0 Å². The molecular formula is C11H19NO6S. The summed E-state index contributed by atoms with van der Waals surface area (Å²) in [7, 11) is -2.59. The largest absolute Gasteiger partial charge is 0.480 e. The van der Waals surface area contributed by atoms with Crippen LogP contribution in [0.5, 0.6) is 0 Å². The topological polar surface area (TPSA) is 110 Å². The molecule has 1 saturated carbocycles. The van der Waals surface area contributed by atoms with E-state index in [9.17, 15) is 18.0 Å². The van der Waals surface area contributed by atoms with E-state index < -0.39 is 39.7 Å². The molecular weight excluding hydrogens is 274 g/mol. The van der Waals surface area contributed by atoms with Crippen LogP contribution < -0.4 is 4.72 Å². The molecule has 0 unspecified atom stereocenters. The SMILES string of the molecule is COC(=O)C1(CS(=O)(=O)NCC(=O)O)CCCCC1. The van der Waals surface area contributed by atoms with Crippen LogP contribution in [-0.2, 0) is 24.3 Å². The molecule has 1 fully saturated rings. The Balaban J connectivity index is 2.82. The van der Waals surface area contributed by atoms with E-state index in [0.717, 1.165) is 19.3 Å². The predicted octanol–water partition coefficient (Wildman–Crippen LogP) is 0.114. The van der Waals surface area contributed by atoms with Gasteiger partial charge in [-0.15, -0.1) is 0 Å². The first-order chi connectivity index (χ1) is 8.81. The number of aliphatic carboxylic acids is 1. The van der Waals surface area contributed by atoms with E-state index in [4.69, 9.17) is 9.84 Å². The Morgan fingerprint density at radius 3 is 2.32 bits per heavy atom. The molecule has 110 valence electrons. The molecule has 0 heterocycles. The number of nitrogens with one attached hydrogen (secondary N) is 1. The van der Waals surface area contributed by atoms with Gasteiger partial charge < -0.3 is 9.84 Å². The zero-order valence-corrected chi connectivity index (χ0v) is 11.7. The first kappa shape index (κ1) is 15.9. The Morgan fingerprint density at radius 2 is 1.84 bits per heavy atom. The van der Waals surface area contributed by atoms with E-state index >= 15 is 0 Å². The molecule has 8 heteroatoms. The molecule has 0 bridgehead atoms. The summed E-state index contributed by atoms with van der Waals surface area (Å²) in [5.74, 6) is -2.22. The van der Waals surface area contributed by atoms with Crippen LogP contribution in [0.4, 0.5) is 0 Å². The van der Waals surface area contributed by atoms with E-state index in [-0.39, 0.29) is 0 Å². The number of methoxy groups -OCH3 is 1. The number of carboxylic acids is 1. The number of carbonyl (C=O) groups is 2. The minimum atomic E-state index is -3.82. The van der Waals surface area contributed by atoms with Crippen LogP contribution in [-0.4, -0.2) is 44.9 Å². The third kappa shape index (κ3) is 4.46. The quantitative estimate of drug-likeness (QED) is 0.673. The maximum Gasteiger partial charge on any atom is 0.318 e. The van der Waals surface area contributed by atoms with Gasteiger partial charge in [-0.05, 0) is 12.8 Å². The van der Waals surface area contributed by atoms with Gasteiger partial charge in [-0.1, -0.05) is 19.3 Å². The van der Waals surface area contributed by atoms with E-state index in [0.29, 0.717) is 12.8 Å². The van der Waals surface area contributed by atoms with Crippen molar-refractivity contribution in [3.8, 4) is 0 Å². The summed E-state index contributed by atoms with van der Waals surface area (Å²) in [6.07, 6.45) is 3.40. The lowest BCUT2D eigenvalue weighted by atomic mass is 9.75. The van der Waals surface area contributed by atoms with Crippen molar-refractivity contribution < 1.29 is 27.9 Å². The third-order valence-corrected chi connectivity index (χ3v) is 4.86. The summed E-state index contributed by atoms with van der Waals surface area (Å²) in [5, 5.41) is 8.48. The molecule has 0 aromatic heterocycles. The van der Waals surface area contributed by atoms with Gasteiger partial charge in [0.1, 0.15) is 6.54 Å². The Bertz CT molecular complexity index is 438. The molecule has 0 radical (unpaired) electrons. The Hall–Kier alpha value is -1.15. The first-order valence-electron chi connectivity index (χ1n) is 6.09. The predicted molar refractivity (Wildman–Crippen MR) is 67.0 cm³/mol. The molecule has 1 aliphatic rings. The maximum atomic E-state index is 11.9. The number of carbonyl (C=O) groups excluding carboxylic acids is 1. The molecule has 0 atom stereocenters. The van der Waals surface area contributed by atoms with Crippen molar-refractivity contribution in [2.24, 2.45) is 5.41 Å². The highest BCUT2D eigenvalue weighted by Gasteiger charge is 2.44. The van der Waals surface area contributed by atoms with Crippen LogP contribution >= 0.6 is 0 Å². The molecule has 0 aliphatic heterocycles. The molecule has 19 heavy (non-hydrogen) atoms. The lowest BCUT2D eigenvalue weighted by Crippen LogP contribution is -2.45. The second kappa shape index (κ2) is 6.33. The first-order valence-corrected chi connectivity index (χ1v) is 7.74. The van der Waals surface area contributed by atoms with Gasteiger partial charge in [0.25, 0.3) is 0 Å². The third-order valence-electron chi connectivity index (χ3n) is 3.34. The van der Waals surface area contributed by atoms with Gasteiger partial charge in [0.05, 0.1) is 18.3 Å². The summed E-state index contributed by atoms with van der Waals surface area (Å²) in [6, 6.07) is 0. The summed E-state index contributed by atoms with van der Waals surface area (Å²) >= 11 is 0. The zero-order chi connectivity index (χ0) is 14.5. The van der Waals surface area contributed by atoms with Gasteiger partial charge in [-0.25, -0.2) is 13.1 Å². The Labute approximate surface area is 112 Å². The van der Waals surface area contributed by atoms with Crippen molar-refractivity contribution >= 4 is 22.0 Å². The van der Waals surface area contributed by atoms with E-state index in [2.05, 4.69) is 0 Å². The zero-order valence-electron chi connectivity index (χ0n) is 10.8. The fourth-order valence-corrected chi connectivity index (χ4v) is 4.02. The van der Waals surface area contributed by atoms with Gasteiger partial charge in [-0.2, -0.15) is 0 Å². The molecule has 2 N–H and O–H groups in total. The van der Waals surface area contributed by atoms with E-state index in [1.807, 2.05) is 4.72 Å². The smallest absolute Gasteiger partial charge is 0.318 e. The fraction of sp³-hybridized carbons (Fsp3) is 0.818. The highest BCUT2D eigenvalue weighted by atomic mass is 32.2. The van der Waals surface area contributed by atoms with Crippen molar-refractivity contribution in [3.05, 3.63) is 0 Å². The molecule has 7 nitrogen and oxygen atoms in total. The average molecular weight is 293 g/mol. The van der Waals surface area contributed by atoms with Crippen molar-refractivity contribution in [1.29, 1.82) is 0 Å². The van der Waals surface area contributed by atoms with Gasteiger partial charge in [0, 0.05) is 0 Å². The van der Waals surface area contributed by atoms with E-state index in [1.54, 1.807) is 0 Å². The number of hydrogen-bond acceptors (Lipinski definition) is 5.